The summed E-state index contributed by atoms with van der Waals surface area (Å²) in [5, 5.41) is 14.4. The molecule has 1 fully saturated rings. The summed E-state index contributed by atoms with van der Waals surface area (Å²) in [6.45, 7) is 2.11. The average molecular weight is 354 g/mol. The Bertz CT molecular complexity index is 777. The smallest absolute Gasteiger partial charge is 0.385 e. The van der Waals surface area contributed by atoms with Crippen molar-refractivity contribution in [3.8, 4) is 0 Å². The molecule has 1 N–H and O–H groups in total. The van der Waals surface area contributed by atoms with E-state index in [-0.39, 0.29) is 43.1 Å². The van der Waals surface area contributed by atoms with Crippen LogP contribution < -0.4 is 0 Å². The molecule has 1 aromatic carbocycles. The molecule has 0 atom stereocenters. The van der Waals surface area contributed by atoms with Crippen LogP contribution in [0.15, 0.2) is 34.9 Å². The second-order valence-electron chi connectivity index (χ2n) is 6.23. The quantitative estimate of drug-likeness (QED) is 0.900. The van der Waals surface area contributed by atoms with Gasteiger partial charge in [0.15, 0.2) is 5.69 Å². The molecular formula is C17H17F3N2O3. The molecule has 1 aromatic heterocycles. The molecule has 134 valence electrons. The maximum absolute atomic E-state index is 12.9. The van der Waals surface area contributed by atoms with E-state index in [0.29, 0.717) is 5.76 Å². The summed E-state index contributed by atoms with van der Waals surface area (Å²) in [5.41, 5.74) is -1.79. The van der Waals surface area contributed by atoms with Gasteiger partial charge in [-0.25, -0.2) is 0 Å². The van der Waals surface area contributed by atoms with E-state index in [1.807, 2.05) is 0 Å². The maximum atomic E-state index is 12.9. The topological polar surface area (TPSA) is 66.6 Å². The SMILES string of the molecule is Cc1cc(C(=O)N2CCC(O)(c3cccc(C(F)(F)F)c3)CC2)no1. The van der Waals surface area contributed by atoms with Gasteiger partial charge in [-0.2, -0.15) is 13.2 Å². The molecule has 8 heteroatoms. The molecule has 0 aliphatic carbocycles. The van der Waals surface area contributed by atoms with Crippen LogP contribution in [0.1, 0.15) is 40.2 Å². The van der Waals surface area contributed by atoms with Gasteiger partial charge >= 0.3 is 6.18 Å². The number of halogens is 3. The van der Waals surface area contributed by atoms with E-state index in [0.717, 1.165) is 12.1 Å². The number of hydrogen-bond acceptors (Lipinski definition) is 4. The van der Waals surface area contributed by atoms with Crippen LogP contribution in [-0.4, -0.2) is 34.2 Å². The van der Waals surface area contributed by atoms with Crippen molar-refractivity contribution in [2.24, 2.45) is 0 Å². The number of aromatic nitrogens is 1. The van der Waals surface area contributed by atoms with Crippen LogP contribution in [0.4, 0.5) is 13.2 Å². The van der Waals surface area contributed by atoms with Gasteiger partial charge in [0.1, 0.15) is 5.76 Å². The summed E-state index contributed by atoms with van der Waals surface area (Å²) in [7, 11) is 0. The van der Waals surface area contributed by atoms with Gasteiger partial charge in [-0.3, -0.25) is 4.79 Å². The average Bonchev–Trinajstić information content (AvgIpc) is 3.01. The van der Waals surface area contributed by atoms with Gasteiger partial charge in [0.05, 0.1) is 11.2 Å². The van der Waals surface area contributed by atoms with Crippen LogP contribution in [0.2, 0.25) is 0 Å². The van der Waals surface area contributed by atoms with Crippen molar-refractivity contribution in [1.29, 1.82) is 0 Å². The van der Waals surface area contributed by atoms with Gasteiger partial charge < -0.3 is 14.5 Å². The lowest BCUT2D eigenvalue weighted by Gasteiger charge is -2.38. The number of benzene rings is 1. The van der Waals surface area contributed by atoms with Gasteiger partial charge in [-0.1, -0.05) is 17.3 Å². The number of carbonyl (C=O) groups is 1. The monoisotopic (exact) mass is 354 g/mol. The van der Waals surface area contributed by atoms with E-state index in [1.165, 1.54) is 23.1 Å². The van der Waals surface area contributed by atoms with Gasteiger partial charge in [0.25, 0.3) is 5.91 Å². The highest BCUT2D eigenvalue weighted by Gasteiger charge is 2.38. The van der Waals surface area contributed by atoms with Gasteiger partial charge in [-0.15, -0.1) is 0 Å². The van der Waals surface area contributed by atoms with Crippen molar-refractivity contribution in [2.45, 2.75) is 31.5 Å². The molecule has 5 nitrogen and oxygen atoms in total. The standard InChI is InChI=1S/C17H17F3N2O3/c1-11-9-14(21-25-11)15(23)22-7-5-16(24,6-8-22)12-3-2-4-13(10-12)17(18,19)20/h2-4,9-10,24H,5-8H2,1H3. The lowest BCUT2D eigenvalue weighted by Crippen LogP contribution is -2.45. The first-order valence-electron chi connectivity index (χ1n) is 7.82. The predicted octanol–water partition coefficient (Wildman–Crippen LogP) is 3.13. The Morgan fingerprint density at radius 3 is 2.52 bits per heavy atom. The minimum atomic E-state index is -4.46. The van der Waals surface area contributed by atoms with E-state index in [1.54, 1.807) is 6.92 Å². The molecule has 2 heterocycles. The number of piperidine rings is 1. The zero-order valence-corrected chi connectivity index (χ0v) is 13.5. The van der Waals surface area contributed by atoms with E-state index >= 15 is 0 Å². The molecule has 3 rings (SSSR count). The van der Waals surface area contributed by atoms with E-state index in [2.05, 4.69) is 5.16 Å². The van der Waals surface area contributed by atoms with Crippen molar-refractivity contribution < 1.29 is 27.6 Å². The second-order valence-corrected chi connectivity index (χ2v) is 6.23. The summed E-state index contributed by atoms with van der Waals surface area (Å²) in [4.78, 5) is 13.8. The zero-order chi connectivity index (χ0) is 18.2. The summed E-state index contributed by atoms with van der Waals surface area (Å²) >= 11 is 0. The summed E-state index contributed by atoms with van der Waals surface area (Å²) < 4.78 is 43.5. The summed E-state index contributed by atoms with van der Waals surface area (Å²) in [6.07, 6.45) is -4.17. The fourth-order valence-electron chi connectivity index (χ4n) is 2.98. The molecule has 0 saturated carbocycles. The first-order chi connectivity index (χ1) is 11.7. The van der Waals surface area contributed by atoms with Crippen molar-refractivity contribution >= 4 is 5.91 Å². The Morgan fingerprint density at radius 2 is 1.96 bits per heavy atom. The van der Waals surface area contributed by atoms with Crippen LogP contribution in [0.25, 0.3) is 0 Å². The molecule has 1 aliphatic rings. The molecule has 1 aliphatic heterocycles. The highest BCUT2D eigenvalue weighted by Crippen LogP contribution is 2.36. The lowest BCUT2D eigenvalue weighted by atomic mass is 9.83. The van der Waals surface area contributed by atoms with E-state index < -0.39 is 17.3 Å². The molecule has 25 heavy (non-hydrogen) atoms. The number of likely N-dealkylation sites (tertiary alicyclic amines) is 1. The van der Waals surface area contributed by atoms with Crippen molar-refractivity contribution in [1.82, 2.24) is 10.1 Å². The number of carbonyl (C=O) groups excluding carboxylic acids is 1. The predicted molar refractivity (Wildman–Crippen MR) is 81.7 cm³/mol. The minimum absolute atomic E-state index is 0.150. The maximum Gasteiger partial charge on any atom is 0.416 e. The largest absolute Gasteiger partial charge is 0.416 e. The molecule has 0 spiro atoms. The van der Waals surface area contributed by atoms with Crippen LogP contribution >= 0.6 is 0 Å². The number of nitrogens with zero attached hydrogens (tertiary/aromatic N) is 2. The second kappa shape index (κ2) is 6.18. The first-order valence-corrected chi connectivity index (χ1v) is 7.82. The van der Waals surface area contributed by atoms with E-state index in [4.69, 9.17) is 4.52 Å². The number of aryl methyl sites for hydroxylation is 1. The van der Waals surface area contributed by atoms with Gasteiger partial charge in [-0.05, 0) is 37.5 Å². The molecule has 0 unspecified atom stereocenters. The lowest BCUT2D eigenvalue weighted by molar-refractivity contribution is -0.137. The molecule has 1 saturated heterocycles. The summed E-state index contributed by atoms with van der Waals surface area (Å²) in [5.74, 6) is 0.198. The van der Waals surface area contributed by atoms with Crippen molar-refractivity contribution in [3.05, 3.63) is 52.9 Å². The molecule has 0 bridgehead atoms. The number of aliphatic hydroxyl groups is 1. The zero-order valence-electron chi connectivity index (χ0n) is 13.5. The normalized spacial score (nSPS) is 17.6. The highest BCUT2D eigenvalue weighted by molar-refractivity contribution is 5.92. The third-order valence-electron chi connectivity index (χ3n) is 4.45. The Hall–Kier alpha value is -2.35. The Balaban J connectivity index is 1.73. The number of hydrogen-bond donors (Lipinski definition) is 1. The Kier molecular flexibility index (Phi) is 4.32. The minimum Gasteiger partial charge on any atom is -0.385 e. The first kappa shape index (κ1) is 17.5. The number of rotatable bonds is 2. The molecular weight excluding hydrogens is 337 g/mol. The fourth-order valence-corrected chi connectivity index (χ4v) is 2.98. The number of amides is 1. The summed E-state index contributed by atoms with van der Waals surface area (Å²) in [6, 6.07) is 6.23. The third-order valence-corrected chi connectivity index (χ3v) is 4.45. The van der Waals surface area contributed by atoms with Crippen molar-refractivity contribution in [3.63, 3.8) is 0 Å². The Morgan fingerprint density at radius 1 is 1.28 bits per heavy atom. The van der Waals surface area contributed by atoms with Crippen LogP contribution in [0.3, 0.4) is 0 Å². The van der Waals surface area contributed by atoms with Gasteiger partial charge in [0.2, 0.25) is 0 Å². The fraction of sp³-hybridized carbons (Fsp3) is 0.412. The van der Waals surface area contributed by atoms with Crippen LogP contribution in [0, 0.1) is 6.92 Å². The van der Waals surface area contributed by atoms with Crippen LogP contribution in [-0.2, 0) is 11.8 Å². The highest BCUT2D eigenvalue weighted by atomic mass is 19.4. The Labute approximate surface area is 142 Å². The molecule has 2 aromatic rings. The van der Waals surface area contributed by atoms with Crippen molar-refractivity contribution in [2.75, 3.05) is 13.1 Å². The number of alkyl halides is 3. The third kappa shape index (κ3) is 3.53. The van der Waals surface area contributed by atoms with E-state index in [9.17, 15) is 23.1 Å². The van der Waals surface area contributed by atoms with Crippen LogP contribution in [0.5, 0.6) is 0 Å². The molecule has 0 radical (unpaired) electrons. The van der Waals surface area contributed by atoms with Gasteiger partial charge in [0, 0.05) is 19.2 Å². The molecule has 1 amide bonds.